The number of anilines is 1. The molecule has 23 heavy (non-hydrogen) atoms. The molecule has 0 aliphatic carbocycles. The van der Waals surface area contributed by atoms with Gasteiger partial charge in [0.1, 0.15) is 5.75 Å². The zero-order valence-electron chi connectivity index (χ0n) is 14.2. The number of amides is 1. The van der Waals surface area contributed by atoms with Crippen LogP contribution in [0.3, 0.4) is 0 Å². The Morgan fingerprint density at radius 2 is 1.83 bits per heavy atom. The van der Waals surface area contributed by atoms with Crippen molar-refractivity contribution in [3.63, 3.8) is 0 Å². The number of nitrogens with one attached hydrogen (secondary N) is 1. The first kappa shape index (κ1) is 17.5. The summed E-state index contributed by atoms with van der Waals surface area (Å²) < 4.78 is 6.46. The van der Waals surface area contributed by atoms with Crippen LogP contribution in [0.15, 0.2) is 34.8 Å². The van der Waals surface area contributed by atoms with Gasteiger partial charge < -0.3 is 10.1 Å². The first-order chi connectivity index (χ1) is 10.8. The van der Waals surface area contributed by atoms with E-state index >= 15 is 0 Å². The van der Waals surface area contributed by atoms with Gasteiger partial charge in [0, 0.05) is 15.7 Å². The molecular weight excluding hydrogens is 354 g/mol. The van der Waals surface area contributed by atoms with E-state index in [1.54, 1.807) is 7.11 Å². The van der Waals surface area contributed by atoms with Crippen molar-refractivity contribution in [2.75, 3.05) is 12.4 Å². The van der Waals surface area contributed by atoms with Gasteiger partial charge in [0.25, 0.3) is 5.91 Å². The molecule has 0 heterocycles. The molecule has 0 atom stereocenters. The van der Waals surface area contributed by atoms with Gasteiger partial charge in [-0.15, -0.1) is 0 Å². The summed E-state index contributed by atoms with van der Waals surface area (Å²) in [6.45, 7) is 8.10. The molecule has 0 aliphatic rings. The number of carbonyl (C=O) groups is 1. The highest BCUT2D eigenvalue weighted by Crippen LogP contribution is 2.30. The van der Waals surface area contributed by atoms with E-state index in [0.29, 0.717) is 5.56 Å². The molecule has 0 aliphatic heterocycles. The van der Waals surface area contributed by atoms with E-state index in [4.69, 9.17) is 4.74 Å². The summed E-state index contributed by atoms with van der Waals surface area (Å²) in [7, 11) is 1.66. The van der Waals surface area contributed by atoms with Crippen LogP contribution in [0.25, 0.3) is 0 Å². The zero-order valence-corrected chi connectivity index (χ0v) is 15.7. The van der Waals surface area contributed by atoms with Gasteiger partial charge in [-0.05, 0) is 66.8 Å². The molecule has 122 valence electrons. The number of hydrogen-bond acceptors (Lipinski definition) is 2. The average Bonchev–Trinajstić information content (AvgIpc) is 2.50. The second-order valence-corrected chi connectivity index (χ2v) is 6.84. The quantitative estimate of drug-likeness (QED) is 0.771. The molecule has 0 saturated heterocycles. The van der Waals surface area contributed by atoms with Crippen LogP contribution >= 0.6 is 15.9 Å². The van der Waals surface area contributed by atoms with Gasteiger partial charge in [0.05, 0.1) is 7.11 Å². The molecule has 2 aromatic rings. The minimum Gasteiger partial charge on any atom is -0.496 e. The topological polar surface area (TPSA) is 38.3 Å². The van der Waals surface area contributed by atoms with Crippen LogP contribution in [0.2, 0.25) is 0 Å². The molecular formula is C19H22BrNO2. The minimum atomic E-state index is -0.103. The van der Waals surface area contributed by atoms with E-state index in [1.807, 2.05) is 44.2 Å². The van der Waals surface area contributed by atoms with Gasteiger partial charge in [-0.1, -0.05) is 29.8 Å². The van der Waals surface area contributed by atoms with Crippen LogP contribution < -0.4 is 10.1 Å². The van der Waals surface area contributed by atoms with Gasteiger partial charge in [-0.25, -0.2) is 0 Å². The molecule has 0 saturated carbocycles. The van der Waals surface area contributed by atoms with Crippen molar-refractivity contribution in [3.05, 3.63) is 57.1 Å². The van der Waals surface area contributed by atoms with Gasteiger partial charge >= 0.3 is 0 Å². The SMILES string of the molecule is COc1cc(C)c(C(=O)Nc2ccc(Br)c(C)c2)cc1C(C)C. The molecule has 3 nitrogen and oxygen atoms in total. The number of rotatable bonds is 4. The van der Waals surface area contributed by atoms with Crippen molar-refractivity contribution >= 4 is 27.5 Å². The lowest BCUT2D eigenvalue weighted by molar-refractivity contribution is 0.102. The van der Waals surface area contributed by atoms with Crippen molar-refractivity contribution < 1.29 is 9.53 Å². The standard InChI is InChI=1S/C19H22BrNO2/c1-11(2)15-10-16(12(3)9-18(15)23-5)19(22)21-14-6-7-17(20)13(4)8-14/h6-11H,1-5H3,(H,21,22). The summed E-state index contributed by atoms with van der Waals surface area (Å²) in [5, 5.41) is 2.97. The van der Waals surface area contributed by atoms with Crippen LogP contribution in [0, 0.1) is 13.8 Å². The molecule has 0 aromatic heterocycles. The minimum absolute atomic E-state index is 0.103. The highest BCUT2D eigenvalue weighted by molar-refractivity contribution is 9.10. The summed E-state index contributed by atoms with van der Waals surface area (Å²) in [5.41, 5.74) is 4.48. The smallest absolute Gasteiger partial charge is 0.255 e. The average molecular weight is 376 g/mol. The number of carbonyl (C=O) groups excluding carboxylic acids is 1. The summed E-state index contributed by atoms with van der Waals surface area (Å²) >= 11 is 3.47. The zero-order chi connectivity index (χ0) is 17.1. The molecule has 0 unspecified atom stereocenters. The largest absolute Gasteiger partial charge is 0.496 e. The van der Waals surface area contributed by atoms with Crippen molar-refractivity contribution in [2.24, 2.45) is 0 Å². The molecule has 0 bridgehead atoms. The first-order valence-corrected chi connectivity index (χ1v) is 8.38. The lowest BCUT2D eigenvalue weighted by atomic mass is 9.96. The fourth-order valence-corrected chi connectivity index (χ4v) is 2.74. The third-order valence-electron chi connectivity index (χ3n) is 3.86. The first-order valence-electron chi connectivity index (χ1n) is 7.59. The Hall–Kier alpha value is -1.81. The fraction of sp³-hybridized carbons (Fsp3) is 0.316. The Morgan fingerprint density at radius 3 is 2.39 bits per heavy atom. The lowest BCUT2D eigenvalue weighted by Gasteiger charge is -2.16. The van der Waals surface area contributed by atoms with E-state index in [1.165, 1.54) is 0 Å². The Bertz CT molecular complexity index is 738. The number of aryl methyl sites for hydroxylation is 2. The maximum absolute atomic E-state index is 12.6. The second-order valence-electron chi connectivity index (χ2n) is 5.98. The normalized spacial score (nSPS) is 10.7. The molecule has 0 fully saturated rings. The van der Waals surface area contributed by atoms with Crippen LogP contribution in [-0.2, 0) is 0 Å². The van der Waals surface area contributed by atoms with E-state index in [0.717, 1.165) is 32.6 Å². The van der Waals surface area contributed by atoms with Crippen LogP contribution in [0.4, 0.5) is 5.69 Å². The molecule has 2 rings (SSSR count). The molecule has 2 aromatic carbocycles. The lowest BCUT2D eigenvalue weighted by Crippen LogP contribution is -2.14. The highest BCUT2D eigenvalue weighted by atomic mass is 79.9. The van der Waals surface area contributed by atoms with Crippen molar-refractivity contribution in [2.45, 2.75) is 33.6 Å². The molecule has 0 radical (unpaired) electrons. The fourth-order valence-electron chi connectivity index (χ4n) is 2.49. The van der Waals surface area contributed by atoms with E-state index < -0.39 is 0 Å². The van der Waals surface area contributed by atoms with Gasteiger partial charge in [0.2, 0.25) is 0 Å². The van der Waals surface area contributed by atoms with Crippen molar-refractivity contribution in [1.82, 2.24) is 0 Å². The van der Waals surface area contributed by atoms with Crippen molar-refractivity contribution in [3.8, 4) is 5.75 Å². The second kappa shape index (κ2) is 7.18. The summed E-state index contributed by atoms with van der Waals surface area (Å²) in [6, 6.07) is 9.63. The number of halogens is 1. The van der Waals surface area contributed by atoms with Crippen molar-refractivity contribution in [1.29, 1.82) is 0 Å². The summed E-state index contributed by atoms with van der Waals surface area (Å²) in [5.74, 6) is 1.01. The number of ether oxygens (including phenoxy) is 1. The third kappa shape index (κ3) is 3.94. The highest BCUT2D eigenvalue weighted by Gasteiger charge is 2.16. The molecule has 1 N–H and O–H groups in total. The summed E-state index contributed by atoms with van der Waals surface area (Å²) in [6.07, 6.45) is 0. The Morgan fingerprint density at radius 1 is 1.13 bits per heavy atom. The maximum atomic E-state index is 12.6. The molecule has 0 spiro atoms. The number of benzene rings is 2. The molecule has 1 amide bonds. The maximum Gasteiger partial charge on any atom is 0.255 e. The monoisotopic (exact) mass is 375 g/mol. The molecule has 4 heteroatoms. The predicted molar refractivity (Wildman–Crippen MR) is 98.7 cm³/mol. The van der Waals surface area contributed by atoms with Gasteiger partial charge in [-0.2, -0.15) is 0 Å². The summed E-state index contributed by atoms with van der Waals surface area (Å²) in [4.78, 5) is 12.6. The Kier molecular flexibility index (Phi) is 5.47. The Labute approximate surface area is 146 Å². The van der Waals surface area contributed by atoms with Gasteiger partial charge in [-0.3, -0.25) is 4.79 Å². The number of methoxy groups -OCH3 is 1. The predicted octanol–water partition coefficient (Wildman–Crippen LogP) is 5.45. The van der Waals surface area contributed by atoms with Crippen LogP contribution in [-0.4, -0.2) is 13.0 Å². The third-order valence-corrected chi connectivity index (χ3v) is 4.75. The van der Waals surface area contributed by atoms with Crippen LogP contribution in [0.5, 0.6) is 5.75 Å². The van der Waals surface area contributed by atoms with E-state index in [9.17, 15) is 4.79 Å². The number of hydrogen-bond donors (Lipinski definition) is 1. The van der Waals surface area contributed by atoms with Crippen LogP contribution in [0.1, 0.15) is 46.8 Å². The van der Waals surface area contributed by atoms with E-state index in [-0.39, 0.29) is 11.8 Å². The Balaban J connectivity index is 2.35. The van der Waals surface area contributed by atoms with Gasteiger partial charge in [0.15, 0.2) is 0 Å². The van der Waals surface area contributed by atoms with E-state index in [2.05, 4.69) is 35.1 Å².